The van der Waals surface area contributed by atoms with Gasteiger partial charge >= 0.3 is 0 Å². The quantitative estimate of drug-likeness (QED) is 0.180. The average molecular weight is 750 g/mol. The van der Waals surface area contributed by atoms with Crippen LogP contribution in [0.1, 0.15) is 0 Å². The lowest BCUT2D eigenvalue weighted by Crippen LogP contribution is -2.03. The van der Waals surface area contributed by atoms with Crippen molar-refractivity contribution in [3.8, 4) is 22.9 Å². The summed E-state index contributed by atoms with van der Waals surface area (Å²) in [5.74, 6) is 0.652. The maximum atomic E-state index is 5.64. The van der Waals surface area contributed by atoms with Crippen LogP contribution in [-0.2, 0) is 0 Å². The molecule has 0 aliphatic heterocycles. The van der Waals surface area contributed by atoms with Crippen LogP contribution >= 0.6 is 0 Å². The van der Waals surface area contributed by atoms with E-state index in [4.69, 9.17) is 9.97 Å². The minimum atomic E-state index is 0.652. The molecular formula is C54H31N5. The molecule has 0 aliphatic rings. The first-order valence-corrected chi connectivity index (χ1v) is 20.2. The number of rotatable bonds is 3. The van der Waals surface area contributed by atoms with Crippen LogP contribution in [0.2, 0.25) is 0 Å². The van der Waals surface area contributed by atoms with Crippen LogP contribution in [0.3, 0.4) is 0 Å². The number of hydrogen-bond acceptors (Lipinski definition) is 2. The third-order valence-corrected chi connectivity index (χ3v) is 12.7. The van der Waals surface area contributed by atoms with E-state index in [1.807, 2.05) is 0 Å². The summed E-state index contributed by atoms with van der Waals surface area (Å²) in [6.07, 6.45) is 0. The van der Waals surface area contributed by atoms with E-state index in [2.05, 4.69) is 202 Å². The van der Waals surface area contributed by atoms with Gasteiger partial charge in [0.2, 0.25) is 5.95 Å². The molecule has 0 unspecified atom stereocenters. The Bertz CT molecular complexity index is 4070. The highest BCUT2D eigenvalue weighted by Gasteiger charge is 2.26. The normalized spacial score (nSPS) is 12.4. The van der Waals surface area contributed by atoms with Crippen LogP contribution in [0.15, 0.2) is 188 Å². The summed E-state index contributed by atoms with van der Waals surface area (Å²) < 4.78 is 7.17. The Morgan fingerprint density at radius 1 is 0.339 bits per heavy atom. The second-order valence-electron chi connectivity index (χ2n) is 15.7. The molecule has 9 aromatic carbocycles. The van der Waals surface area contributed by atoms with Crippen molar-refractivity contribution in [2.24, 2.45) is 0 Å². The van der Waals surface area contributed by atoms with Gasteiger partial charge in [0.15, 0.2) is 0 Å². The summed E-state index contributed by atoms with van der Waals surface area (Å²) in [5.41, 5.74) is 12.2. The monoisotopic (exact) mass is 749 g/mol. The van der Waals surface area contributed by atoms with Gasteiger partial charge in [-0.2, -0.15) is 0 Å². The molecule has 0 aliphatic carbocycles. The van der Waals surface area contributed by atoms with E-state index in [-0.39, 0.29) is 0 Å². The molecule has 0 bridgehead atoms. The van der Waals surface area contributed by atoms with Crippen molar-refractivity contribution >= 4 is 103 Å². The van der Waals surface area contributed by atoms with Crippen molar-refractivity contribution in [3.63, 3.8) is 0 Å². The zero-order valence-electron chi connectivity index (χ0n) is 31.6. The zero-order valence-corrected chi connectivity index (χ0v) is 31.6. The predicted octanol–water partition coefficient (Wildman–Crippen LogP) is 13.8. The molecule has 0 N–H and O–H groups in total. The van der Waals surface area contributed by atoms with Gasteiger partial charge in [0.1, 0.15) is 0 Å². The highest BCUT2D eigenvalue weighted by Crippen LogP contribution is 2.48. The average Bonchev–Trinajstić information content (AvgIpc) is 4.02. The van der Waals surface area contributed by atoms with Crippen molar-refractivity contribution in [2.45, 2.75) is 0 Å². The molecule has 0 amide bonds. The van der Waals surface area contributed by atoms with Crippen LogP contribution < -0.4 is 0 Å². The number of hydrogen-bond donors (Lipinski definition) is 0. The van der Waals surface area contributed by atoms with Gasteiger partial charge in [0.05, 0.1) is 49.8 Å². The van der Waals surface area contributed by atoms with E-state index in [1.165, 1.54) is 75.9 Å². The Kier molecular flexibility index (Phi) is 5.96. The van der Waals surface area contributed by atoms with Gasteiger partial charge in [-0.05, 0) is 65.4 Å². The van der Waals surface area contributed by atoms with Crippen molar-refractivity contribution in [2.75, 3.05) is 0 Å². The third kappa shape index (κ3) is 4.03. The Morgan fingerprint density at radius 2 is 0.983 bits per heavy atom. The number of nitrogens with zero attached hydrogens (tertiary/aromatic N) is 5. The van der Waals surface area contributed by atoms with Crippen LogP contribution in [0.4, 0.5) is 0 Å². The minimum absolute atomic E-state index is 0.652. The van der Waals surface area contributed by atoms with Crippen LogP contribution in [0, 0.1) is 0 Å². The van der Waals surface area contributed by atoms with Gasteiger partial charge < -0.3 is 8.97 Å². The summed E-state index contributed by atoms with van der Waals surface area (Å²) >= 11 is 0. The first-order valence-electron chi connectivity index (χ1n) is 20.2. The molecule has 0 saturated carbocycles. The fraction of sp³-hybridized carbons (Fsp3) is 0. The highest BCUT2D eigenvalue weighted by atomic mass is 15.2. The van der Waals surface area contributed by atoms with E-state index in [1.54, 1.807) is 0 Å². The molecular weight excluding hydrogens is 719 g/mol. The van der Waals surface area contributed by atoms with Crippen molar-refractivity contribution in [3.05, 3.63) is 188 Å². The molecule has 0 saturated heterocycles. The number of aromatic nitrogens is 5. The maximum absolute atomic E-state index is 5.64. The number of fused-ring (bicyclic) bond motifs is 16. The summed E-state index contributed by atoms with van der Waals surface area (Å²) in [6, 6.07) is 68.0. The summed E-state index contributed by atoms with van der Waals surface area (Å²) in [4.78, 5) is 11.1. The van der Waals surface area contributed by atoms with Crippen molar-refractivity contribution in [1.82, 2.24) is 23.5 Å². The largest absolute Gasteiger partial charge is 0.309 e. The molecule has 5 nitrogen and oxygen atoms in total. The zero-order chi connectivity index (χ0) is 38.3. The number of para-hydroxylation sites is 5. The molecule has 0 radical (unpaired) electrons. The number of benzene rings is 9. The van der Waals surface area contributed by atoms with Crippen molar-refractivity contribution in [1.29, 1.82) is 0 Å². The summed E-state index contributed by atoms with van der Waals surface area (Å²) in [5, 5.41) is 13.3. The molecule has 272 valence electrons. The molecule has 0 spiro atoms. The van der Waals surface area contributed by atoms with Crippen molar-refractivity contribution < 1.29 is 0 Å². The molecule has 5 heteroatoms. The van der Waals surface area contributed by atoms with Gasteiger partial charge in [-0.1, -0.05) is 133 Å². The van der Waals surface area contributed by atoms with Gasteiger partial charge in [-0.25, -0.2) is 9.97 Å². The Hall–Kier alpha value is -8.02. The summed E-state index contributed by atoms with van der Waals surface area (Å²) in [6.45, 7) is 0. The molecule has 5 aromatic heterocycles. The fourth-order valence-corrected chi connectivity index (χ4v) is 10.3. The molecule has 5 heterocycles. The summed E-state index contributed by atoms with van der Waals surface area (Å²) in [7, 11) is 0. The Labute approximate surface area is 336 Å². The minimum Gasteiger partial charge on any atom is -0.309 e. The standard InChI is InChI=1S/C54H31N5/c1-2-15-34(16-3-1)57-43-23-11-7-18-36(43)38-28-26-33(30-47(38)57)52-39-20-6-10-22-42(39)55-54(56-52)59-46-29-27-32-14-4-5-17-35(32)49(46)51-48(59)31-41-37-19-8-12-24-44(37)58-45-25-13-9-21-40(45)50(51)53(41)58/h1-31H. The first-order chi connectivity index (χ1) is 29.3. The van der Waals surface area contributed by atoms with Gasteiger partial charge in [0.25, 0.3) is 0 Å². The van der Waals surface area contributed by atoms with Crippen LogP contribution in [-0.4, -0.2) is 23.5 Å². The molecule has 0 atom stereocenters. The van der Waals surface area contributed by atoms with Crippen LogP contribution in [0.25, 0.3) is 126 Å². The lowest BCUT2D eigenvalue weighted by Gasteiger charge is -2.13. The van der Waals surface area contributed by atoms with E-state index in [0.717, 1.165) is 44.4 Å². The molecule has 14 rings (SSSR count). The third-order valence-electron chi connectivity index (χ3n) is 12.7. The second kappa shape index (κ2) is 11.3. The lowest BCUT2D eigenvalue weighted by atomic mass is 9.99. The maximum Gasteiger partial charge on any atom is 0.235 e. The van der Waals surface area contributed by atoms with E-state index in [9.17, 15) is 0 Å². The second-order valence-corrected chi connectivity index (χ2v) is 15.7. The van der Waals surface area contributed by atoms with E-state index in [0.29, 0.717) is 5.95 Å². The SMILES string of the molecule is c1ccc(-n2c3ccccc3c3ccc(-c4nc(-n5c6ccc7ccccc7c6c6c7c8ccccc8n8c9ccccc9c(cc65)c78)nc5ccccc45)cc32)cc1. The topological polar surface area (TPSA) is 40.0 Å². The van der Waals surface area contributed by atoms with E-state index < -0.39 is 0 Å². The smallest absolute Gasteiger partial charge is 0.235 e. The van der Waals surface area contributed by atoms with Gasteiger partial charge in [-0.3, -0.25) is 4.57 Å². The van der Waals surface area contributed by atoms with E-state index >= 15 is 0 Å². The van der Waals surface area contributed by atoms with Gasteiger partial charge in [-0.15, -0.1) is 0 Å². The Balaban J connectivity index is 1.14. The Morgan fingerprint density at radius 3 is 1.81 bits per heavy atom. The van der Waals surface area contributed by atoms with Gasteiger partial charge in [0, 0.05) is 59.7 Å². The predicted molar refractivity (Wildman–Crippen MR) is 246 cm³/mol. The van der Waals surface area contributed by atoms with Crippen LogP contribution in [0.5, 0.6) is 0 Å². The molecule has 14 aromatic rings. The molecule has 59 heavy (non-hydrogen) atoms. The first kappa shape index (κ1) is 31.1. The molecule has 0 fully saturated rings. The fourth-order valence-electron chi connectivity index (χ4n) is 10.3. The highest BCUT2D eigenvalue weighted by molar-refractivity contribution is 6.38. The lowest BCUT2D eigenvalue weighted by molar-refractivity contribution is 1.01.